The van der Waals surface area contributed by atoms with Crippen LogP contribution in [-0.2, 0) is 24.2 Å². The first kappa shape index (κ1) is 13.9. The quantitative estimate of drug-likeness (QED) is 0.942. The van der Waals surface area contributed by atoms with Crippen LogP contribution in [-0.4, -0.2) is 34.0 Å². The Morgan fingerprint density at radius 3 is 3.00 bits per heavy atom. The van der Waals surface area contributed by atoms with Crippen molar-refractivity contribution in [1.82, 2.24) is 9.88 Å². The van der Waals surface area contributed by atoms with Gasteiger partial charge in [-0.25, -0.2) is 4.39 Å². The van der Waals surface area contributed by atoms with Crippen molar-refractivity contribution in [2.75, 3.05) is 13.1 Å². The molecule has 0 amide bonds. The number of halogens is 1. The highest BCUT2D eigenvalue weighted by Gasteiger charge is 2.23. The maximum atomic E-state index is 13.5. The number of likely N-dealkylation sites (N-methyl/N-ethyl adjacent to an activating group) is 1. The Kier molecular flexibility index (Phi) is 3.59. The molecular formula is C16H17FN2O2. The fourth-order valence-electron chi connectivity index (χ4n) is 2.98. The average Bonchev–Trinajstić information content (AvgIpc) is 2.47. The van der Waals surface area contributed by atoms with Gasteiger partial charge < -0.3 is 5.11 Å². The smallest absolute Gasteiger partial charge is 0.307 e. The van der Waals surface area contributed by atoms with Crippen LogP contribution in [0.15, 0.2) is 18.2 Å². The normalized spacial score (nSPS) is 15.1. The van der Waals surface area contributed by atoms with Gasteiger partial charge in [-0.05, 0) is 35.9 Å². The van der Waals surface area contributed by atoms with Crippen LogP contribution in [0.3, 0.4) is 0 Å². The molecule has 0 saturated carbocycles. The minimum atomic E-state index is -0.900. The summed E-state index contributed by atoms with van der Waals surface area (Å²) in [5.74, 6) is -1.26. The molecule has 21 heavy (non-hydrogen) atoms. The first-order chi connectivity index (χ1) is 10.1. The first-order valence-corrected chi connectivity index (χ1v) is 7.12. The van der Waals surface area contributed by atoms with Crippen LogP contribution in [0.5, 0.6) is 0 Å². The molecule has 0 spiro atoms. The molecule has 2 aromatic rings. The fraction of sp³-hybridized carbons (Fsp3) is 0.375. The van der Waals surface area contributed by atoms with Crippen molar-refractivity contribution in [2.24, 2.45) is 0 Å². The molecule has 1 aliphatic rings. The molecule has 4 nitrogen and oxygen atoms in total. The number of aliphatic carboxylic acids is 1. The molecule has 0 unspecified atom stereocenters. The molecule has 1 N–H and O–H groups in total. The molecule has 0 aliphatic carbocycles. The number of hydrogen-bond donors (Lipinski definition) is 1. The van der Waals surface area contributed by atoms with E-state index >= 15 is 0 Å². The lowest BCUT2D eigenvalue weighted by Gasteiger charge is -2.29. The lowest BCUT2D eigenvalue weighted by atomic mass is 9.94. The Morgan fingerprint density at radius 1 is 1.48 bits per heavy atom. The number of carbonyl (C=O) groups is 1. The number of benzene rings is 1. The Balaban J connectivity index is 2.23. The van der Waals surface area contributed by atoms with E-state index < -0.39 is 5.97 Å². The molecular weight excluding hydrogens is 271 g/mol. The van der Waals surface area contributed by atoms with Crippen LogP contribution >= 0.6 is 0 Å². The van der Waals surface area contributed by atoms with Crippen molar-refractivity contribution in [1.29, 1.82) is 0 Å². The van der Waals surface area contributed by atoms with E-state index in [-0.39, 0.29) is 12.2 Å². The number of nitrogens with zero attached hydrogens (tertiary/aromatic N) is 2. The van der Waals surface area contributed by atoms with E-state index in [4.69, 9.17) is 0 Å². The van der Waals surface area contributed by atoms with Crippen LogP contribution in [0.25, 0.3) is 10.9 Å². The predicted octanol–water partition coefficient (Wildman–Crippen LogP) is 2.38. The topological polar surface area (TPSA) is 53.4 Å². The molecule has 1 aromatic heterocycles. The van der Waals surface area contributed by atoms with E-state index in [1.807, 2.05) is 0 Å². The van der Waals surface area contributed by atoms with Crippen LogP contribution in [0.2, 0.25) is 0 Å². The zero-order valence-electron chi connectivity index (χ0n) is 11.9. The minimum Gasteiger partial charge on any atom is -0.481 e. The van der Waals surface area contributed by atoms with E-state index in [0.29, 0.717) is 23.0 Å². The predicted molar refractivity (Wildman–Crippen MR) is 77.7 cm³/mol. The summed E-state index contributed by atoms with van der Waals surface area (Å²) in [6, 6.07) is 4.39. The Bertz CT molecular complexity index is 715. The summed E-state index contributed by atoms with van der Waals surface area (Å²) in [4.78, 5) is 18.1. The van der Waals surface area contributed by atoms with Gasteiger partial charge in [-0.2, -0.15) is 0 Å². The van der Waals surface area contributed by atoms with Gasteiger partial charge >= 0.3 is 5.97 Å². The fourth-order valence-corrected chi connectivity index (χ4v) is 2.98. The van der Waals surface area contributed by atoms with E-state index in [2.05, 4.69) is 16.8 Å². The third-order valence-electron chi connectivity index (χ3n) is 4.07. The van der Waals surface area contributed by atoms with Crippen LogP contribution in [0.4, 0.5) is 4.39 Å². The van der Waals surface area contributed by atoms with E-state index in [1.165, 1.54) is 12.1 Å². The highest BCUT2D eigenvalue weighted by molar-refractivity contribution is 5.87. The largest absolute Gasteiger partial charge is 0.481 e. The van der Waals surface area contributed by atoms with Crippen molar-refractivity contribution in [3.05, 3.63) is 40.8 Å². The van der Waals surface area contributed by atoms with Crippen LogP contribution < -0.4 is 0 Å². The first-order valence-electron chi connectivity index (χ1n) is 7.12. The zero-order valence-corrected chi connectivity index (χ0v) is 11.9. The van der Waals surface area contributed by atoms with Gasteiger partial charge in [-0.3, -0.25) is 14.7 Å². The molecule has 1 aliphatic heterocycles. The van der Waals surface area contributed by atoms with Gasteiger partial charge in [-0.15, -0.1) is 0 Å². The van der Waals surface area contributed by atoms with E-state index in [0.717, 1.165) is 30.8 Å². The van der Waals surface area contributed by atoms with Crippen molar-refractivity contribution in [2.45, 2.75) is 26.3 Å². The maximum absolute atomic E-state index is 13.5. The third kappa shape index (κ3) is 2.61. The summed E-state index contributed by atoms with van der Waals surface area (Å²) in [6.45, 7) is 4.60. The molecule has 0 saturated heterocycles. The Labute approximate surface area is 122 Å². The summed E-state index contributed by atoms with van der Waals surface area (Å²) in [5.41, 5.74) is 3.30. The van der Waals surface area contributed by atoms with Crippen LogP contribution in [0, 0.1) is 5.82 Å². The highest BCUT2D eigenvalue weighted by atomic mass is 19.1. The summed E-state index contributed by atoms with van der Waals surface area (Å²) >= 11 is 0. The second kappa shape index (κ2) is 5.41. The minimum absolute atomic E-state index is 0.0949. The van der Waals surface area contributed by atoms with Crippen molar-refractivity contribution in [3.63, 3.8) is 0 Å². The van der Waals surface area contributed by atoms with Gasteiger partial charge in [0, 0.05) is 30.6 Å². The summed E-state index contributed by atoms with van der Waals surface area (Å²) in [6.07, 6.45) is 0.714. The number of carboxylic acids is 1. The Hall–Kier alpha value is -2.01. The zero-order chi connectivity index (χ0) is 15.0. The maximum Gasteiger partial charge on any atom is 0.307 e. The number of hydrogen-bond acceptors (Lipinski definition) is 3. The number of carboxylic acid groups (broad SMARTS) is 1. The standard InChI is InChI=1S/C16H17FN2O2/c1-2-19-6-5-15-13(9-19)11(8-16(20)21)12-7-10(17)3-4-14(12)18-15/h3-4,7H,2,5-6,8-9H2,1H3,(H,20,21). The molecule has 0 atom stereocenters. The lowest BCUT2D eigenvalue weighted by molar-refractivity contribution is -0.136. The molecule has 0 radical (unpaired) electrons. The lowest BCUT2D eigenvalue weighted by Crippen LogP contribution is -2.32. The molecule has 0 bridgehead atoms. The summed E-state index contributed by atoms with van der Waals surface area (Å²) in [7, 11) is 0. The third-order valence-corrected chi connectivity index (χ3v) is 4.07. The van der Waals surface area contributed by atoms with Crippen molar-refractivity contribution < 1.29 is 14.3 Å². The average molecular weight is 288 g/mol. The Morgan fingerprint density at radius 2 is 2.29 bits per heavy atom. The molecule has 2 heterocycles. The number of aromatic nitrogens is 1. The van der Waals surface area contributed by atoms with Crippen LogP contribution in [0.1, 0.15) is 23.7 Å². The SMILES string of the molecule is CCN1CCc2nc3ccc(F)cc3c(CC(=O)O)c2C1. The van der Waals surface area contributed by atoms with Gasteiger partial charge in [0.2, 0.25) is 0 Å². The van der Waals surface area contributed by atoms with Gasteiger partial charge in [0.15, 0.2) is 0 Å². The number of fused-ring (bicyclic) bond motifs is 2. The van der Waals surface area contributed by atoms with Gasteiger partial charge in [-0.1, -0.05) is 6.92 Å². The monoisotopic (exact) mass is 288 g/mol. The van der Waals surface area contributed by atoms with Gasteiger partial charge in [0.1, 0.15) is 5.82 Å². The van der Waals surface area contributed by atoms with E-state index in [1.54, 1.807) is 6.07 Å². The second-order valence-corrected chi connectivity index (χ2v) is 5.37. The molecule has 1 aromatic carbocycles. The number of pyridine rings is 1. The van der Waals surface area contributed by atoms with Gasteiger partial charge in [0.05, 0.1) is 11.9 Å². The molecule has 110 valence electrons. The summed E-state index contributed by atoms with van der Waals surface area (Å²) < 4.78 is 13.5. The molecule has 0 fully saturated rings. The molecule has 5 heteroatoms. The number of rotatable bonds is 3. The summed E-state index contributed by atoms with van der Waals surface area (Å²) in [5, 5.41) is 9.81. The highest BCUT2D eigenvalue weighted by Crippen LogP contribution is 2.29. The van der Waals surface area contributed by atoms with Crippen molar-refractivity contribution >= 4 is 16.9 Å². The van der Waals surface area contributed by atoms with Crippen molar-refractivity contribution in [3.8, 4) is 0 Å². The van der Waals surface area contributed by atoms with Gasteiger partial charge in [0.25, 0.3) is 0 Å². The molecule has 3 rings (SSSR count). The second-order valence-electron chi connectivity index (χ2n) is 5.37. The van der Waals surface area contributed by atoms with E-state index in [9.17, 15) is 14.3 Å².